The van der Waals surface area contributed by atoms with Crippen LogP contribution in [-0.4, -0.2) is 0 Å². The van der Waals surface area contributed by atoms with E-state index in [0.717, 1.165) is 12.8 Å². The van der Waals surface area contributed by atoms with Gasteiger partial charge in [-0.05, 0) is 33.6 Å². The van der Waals surface area contributed by atoms with Gasteiger partial charge in [-0.3, -0.25) is 0 Å². The van der Waals surface area contributed by atoms with Gasteiger partial charge in [-0.25, -0.2) is 0 Å². The van der Waals surface area contributed by atoms with Crippen LogP contribution in [0.4, 0.5) is 0 Å². The minimum Gasteiger partial charge on any atom is -0.103 e. The first-order chi connectivity index (χ1) is 6.16. The molecule has 0 spiro atoms. The molecule has 0 bridgehead atoms. The van der Waals surface area contributed by atoms with Crippen molar-refractivity contribution in [2.24, 2.45) is 0 Å². The van der Waals surface area contributed by atoms with E-state index in [1.807, 2.05) is 6.08 Å². The first-order valence-electron chi connectivity index (χ1n) is 4.73. The van der Waals surface area contributed by atoms with E-state index >= 15 is 0 Å². The zero-order valence-electron chi connectivity index (χ0n) is 9.01. The smallest absolute Gasteiger partial charge is 0.0136 e. The molecule has 0 saturated carbocycles. The van der Waals surface area contributed by atoms with Gasteiger partial charge in [0.1, 0.15) is 0 Å². The molecule has 0 amide bonds. The van der Waals surface area contributed by atoms with Gasteiger partial charge in [-0.15, -0.1) is 6.58 Å². The van der Waals surface area contributed by atoms with Crippen LogP contribution in [0.3, 0.4) is 0 Å². The lowest BCUT2D eigenvalue weighted by molar-refractivity contribution is 1.17. The maximum Gasteiger partial charge on any atom is -0.0136 e. The molecule has 0 aliphatic carbocycles. The van der Waals surface area contributed by atoms with Crippen LogP contribution in [0.1, 0.15) is 33.6 Å². The van der Waals surface area contributed by atoms with Crippen LogP contribution in [0.25, 0.3) is 0 Å². The average molecular weight is 176 g/mol. The minimum absolute atomic E-state index is 0.951. The molecule has 0 fully saturated rings. The van der Waals surface area contributed by atoms with E-state index in [1.54, 1.807) is 0 Å². The Bertz CT molecular complexity index is 222. The van der Waals surface area contributed by atoms with Crippen molar-refractivity contribution in [1.82, 2.24) is 0 Å². The molecular weight excluding hydrogens is 156 g/mol. The summed E-state index contributed by atoms with van der Waals surface area (Å²) in [5.74, 6) is 0. The molecule has 72 valence electrons. The molecule has 0 aliphatic rings. The van der Waals surface area contributed by atoms with Crippen molar-refractivity contribution in [3.05, 3.63) is 48.1 Å². The molecular formula is C13H20. The van der Waals surface area contributed by atoms with E-state index in [0.29, 0.717) is 0 Å². The predicted molar refractivity (Wildman–Crippen MR) is 61.8 cm³/mol. The van der Waals surface area contributed by atoms with Crippen molar-refractivity contribution < 1.29 is 0 Å². The Labute approximate surface area is 82.4 Å². The fourth-order valence-corrected chi connectivity index (χ4v) is 0.840. The van der Waals surface area contributed by atoms with E-state index in [4.69, 9.17) is 0 Å². The highest BCUT2D eigenvalue weighted by Crippen LogP contribution is 2.04. The third-order valence-corrected chi connectivity index (χ3v) is 1.65. The van der Waals surface area contributed by atoms with E-state index < -0.39 is 0 Å². The summed E-state index contributed by atoms with van der Waals surface area (Å²) in [7, 11) is 0. The van der Waals surface area contributed by atoms with Gasteiger partial charge in [0.2, 0.25) is 0 Å². The number of allylic oxidation sites excluding steroid dienone is 7. The van der Waals surface area contributed by atoms with E-state index in [-0.39, 0.29) is 0 Å². The van der Waals surface area contributed by atoms with Gasteiger partial charge in [-0.2, -0.15) is 0 Å². The Kier molecular flexibility index (Phi) is 6.99. The average Bonchev–Trinajstić information content (AvgIpc) is 2.09. The molecule has 0 aromatic carbocycles. The summed E-state index contributed by atoms with van der Waals surface area (Å²) in [5.41, 5.74) is 2.77. The standard InChI is InChI=1S/C13H20/c1-5-6-7-8-9-13(4)11-10-12(2)3/h5,7-10H,1,6,11H2,2-4H3/b8-7-,13-9-. The van der Waals surface area contributed by atoms with Gasteiger partial charge in [0.25, 0.3) is 0 Å². The first kappa shape index (κ1) is 12.0. The largest absolute Gasteiger partial charge is 0.103 e. The van der Waals surface area contributed by atoms with E-state index in [1.165, 1.54) is 11.1 Å². The van der Waals surface area contributed by atoms with Crippen LogP contribution in [0.2, 0.25) is 0 Å². The van der Waals surface area contributed by atoms with Gasteiger partial charge in [-0.1, -0.05) is 41.5 Å². The lowest BCUT2D eigenvalue weighted by Gasteiger charge is -1.93. The summed E-state index contributed by atoms with van der Waals surface area (Å²) >= 11 is 0. The second-order valence-electron chi connectivity index (χ2n) is 3.45. The second-order valence-corrected chi connectivity index (χ2v) is 3.45. The summed E-state index contributed by atoms with van der Waals surface area (Å²) < 4.78 is 0. The Morgan fingerprint density at radius 3 is 2.46 bits per heavy atom. The Morgan fingerprint density at radius 1 is 1.23 bits per heavy atom. The molecule has 0 atom stereocenters. The summed E-state index contributed by atoms with van der Waals surface area (Å²) in [6, 6.07) is 0. The van der Waals surface area contributed by atoms with Crippen molar-refractivity contribution in [2.75, 3.05) is 0 Å². The summed E-state index contributed by atoms with van der Waals surface area (Å²) in [6.45, 7) is 10.1. The normalized spacial score (nSPS) is 11.8. The van der Waals surface area contributed by atoms with Crippen LogP contribution < -0.4 is 0 Å². The maximum atomic E-state index is 3.66. The van der Waals surface area contributed by atoms with Crippen LogP contribution in [-0.2, 0) is 0 Å². The molecule has 0 heterocycles. The predicted octanol–water partition coefficient (Wildman–Crippen LogP) is 4.42. The van der Waals surface area contributed by atoms with Crippen molar-refractivity contribution in [3.8, 4) is 0 Å². The first-order valence-corrected chi connectivity index (χ1v) is 4.73. The van der Waals surface area contributed by atoms with Gasteiger partial charge in [0, 0.05) is 0 Å². The van der Waals surface area contributed by atoms with Crippen molar-refractivity contribution in [2.45, 2.75) is 33.6 Å². The number of hydrogen-bond acceptors (Lipinski definition) is 0. The highest BCUT2D eigenvalue weighted by atomic mass is 13.9. The molecule has 0 rings (SSSR count). The molecule has 0 radical (unpaired) electrons. The summed E-state index contributed by atoms with van der Waals surface area (Å²) in [5, 5.41) is 0. The minimum atomic E-state index is 0.951. The second kappa shape index (κ2) is 7.60. The topological polar surface area (TPSA) is 0 Å². The quantitative estimate of drug-likeness (QED) is 0.429. The van der Waals surface area contributed by atoms with Gasteiger partial charge in [0.15, 0.2) is 0 Å². The molecule has 0 nitrogen and oxygen atoms in total. The molecule has 0 N–H and O–H groups in total. The number of hydrogen-bond donors (Lipinski definition) is 0. The van der Waals surface area contributed by atoms with E-state index in [9.17, 15) is 0 Å². The maximum absolute atomic E-state index is 3.66. The van der Waals surface area contributed by atoms with Gasteiger partial charge < -0.3 is 0 Å². The van der Waals surface area contributed by atoms with E-state index in [2.05, 4.69) is 51.7 Å². The van der Waals surface area contributed by atoms with Gasteiger partial charge in [0.05, 0.1) is 0 Å². The number of rotatable bonds is 5. The molecule has 0 aromatic heterocycles. The Morgan fingerprint density at radius 2 is 1.92 bits per heavy atom. The van der Waals surface area contributed by atoms with Gasteiger partial charge >= 0.3 is 0 Å². The fourth-order valence-electron chi connectivity index (χ4n) is 0.840. The van der Waals surface area contributed by atoms with Crippen molar-refractivity contribution >= 4 is 0 Å². The molecule has 0 unspecified atom stereocenters. The SMILES string of the molecule is C=CC/C=C\C=C(\C)CC=C(C)C. The molecule has 13 heavy (non-hydrogen) atoms. The summed E-state index contributed by atoms with van der Waals surface area (Å²) in [6.07, 6.45) is 12.5. The third-order valence-electron chi connectivity index (χ3n) is 1.65. The Hall–Kier alpha value is -1.04. The summed E-state index contributed by atoms with van der Waals surface area (Å²) in [4.78, 5) is 0. The van der Waals surface area contributed by atoms with Crippen LogP contribution in [0.5, 0.6) is 0 Å². The fraction of sp³-hybridized carbons (Fsp3) is 0.385. The van der Waals surface area contributed by atoms with Crippen LogP contribution in [0.15, 0.2) is 48.1 Å². The molecule has 0 aromatic rings. The highest BCUT2D eigenvalue weighted by Gasteiger charge is 1.83. The lowest BCUT2D eigenvalue weighted by atomic mass is 10.1. The molecule has 0 saturated heterocycles. The Balaban J connectivity index is 3.88. The lowest BCUT2D eigenvalue weighted by Crippen LogP contribution is -1.73. The van der Waals surface area contributed by atoms with Crippen LogP contribution >= 0.6 is 0 Å². The molecule has 0 aliphatic heterocycles. The van der Waals surface area contributed by atoms with Crippen molar-refractivity contribution in [1.29, 1.82) is 0 Å². The highest BCUT2D eigenvalue weighted by molar-refractivity contribution is 5.14. The zero-order valence-corrected chi connectivity index (χ0v) is 9.01. The molecule has 0 heteroatoms. The zero-order chi connectivity index (χ0) is 10.1. The van der Waals surface area contributed by atoms with Crippen molar-refractivity contribution in [3.63, 3.8) is 0 Å². The monoisotopic (exact) mass is 176 g/mol. The van der Waals surface area contributed by atoms with Crippen LogP contribution in [0, 0.1) is 0 Å². The third kappa shape index (κ3) is 8.87.